The second-order valence-corrected chi connectivity index (χ2v) is 8.99. The van der Waals surface area contributed by atoms with Crippen molar-refractivity contribution in [1.82, 2.24) is 14.5 Å². The van der Waals surface area contributed by atoms with Gasteiger partial charge >= 0.3 is 0 Å². The number of aromatic nitrogens is 2. The number of thioether (sulfide) groups is 1. The number of fused-ring (bicyclic) bond motifs is 1. The first kappa shape index (κ1) is 20.9. The number of rotatable bonds is 6. The molecule has 1 aromatic heterocycles. The van der Waals surface area contributed by atoms with Crippen molar-refractivity contribution < 1.29 is 4.79 Å². The average Bonchev–Trinajstić information content (AvgIpc) is 2.71. The number of nitrogens with zero attached hydrogens (tertiary/aromatic N) is 3. The molecule has 1 atom stereocenters. The summed E-state index contributed by atoms with van der Waals surface area (Å²) in [5.74, 6) is 1.19. The molecule has 28 heavy (non-hydrogen) atoms. The maximum absolute atomic E-state index is 13.0. The van der Waals surface area contributed by atoms with E-state index >= 15 is 0 Å². The van der Waals surface area contributed by atoms with Crippen molar-refractivity contribution >= 4 is 28.6 Å². The molecule has 3 rings (SSSR count). The summed E-state index contributed by atoms with van der Waals surface area (Å²) >= 11 is 1.38. The number of carbonyl (C=O) groups excluding carboxylic acids is 1. The Kier molecular flexibility index (Phi) is 6.81. The molecule has 1 saturated carbocycles. The summed E-state index contributed by atoms with van der Waals surface area (Å²) in [5.41, 5.74) is 0.668. The molecule has 6 heteroatoms. The van der Waals surface area contributed by atoms with Gasteiger partial charge in [0.05, 0.1) is 16.7 Å². The van der Waals surface area contributed by atoms with Crippen LogP contribution < -0.4 is 5.56 Å². The lowest BCUT2D eigenvalue weighted by Gasteiger charge is -2.33. The third-order valence-corrected chi connectivity index (χ3v) is 7.00. The molecule has 1 aliphatic carbocycles. The van der Waals surface area contributed by atoms with Crippen LogP contribution in [0.3, 0.4) is 0 Å². The standard InChI is InChI=1S/C22H31N3O2S/c1-5-16(3)25-21(27)18-8-6-7-9-19(18)23-22(25)28-14-20(26)24(4)17-12-10-15(2)11-13-17/h6-9,15-17H,5,10-14H2,1-4H3. The molecule has 1 heterocycles. The van der Waals surface area contributed by atoms with E-state index in [0.717, 1.165) is 25.2 Å². The Morgan fingerprint density at radius 3 is 2.64 bits per heavy atom. The minimum Gasteiger partial charge on any atom is -0.342 e. The summed E-state index contributed by atoms with van der Waals surface area (Å²) in [6, 6.07) is 7.81. The van der Waals surface area contributed by atoms with Crippen molar-refractivity contribution in [2.45, 2.75) is 70.1 Å². The Morgan fingerprint density at radius 1 is 1.29 bits per heavy atom. The predicted octanol–water partition coefficient (Wildman–Crippen LogP) is 4.50. The first-order chi connectivity index (χ1) is 13.4. The van der Waals surface area contributed by atoms with Crippen molar-refractivity contribution in [2.24, 2.45) is 5.92 Å². The third kappa shape index (κ3) is 4.43. The Hall–Kier alpha value is -1.82. The maximum Gasteiger partial charge on any atom is 0.262 e. The molecule has 1 fully saturated rings. The molecule has 1 unspecified atom stereocenters. The van der Waals surface area contributed by atoms with Crippen LogP contribution in [0.15, 0.2) is 34.2 Å². The lowest BCUT2D eigenvalue weighted by molar-refractivity contribution is -0.129. The molecular formula is C22H31N3O2S. The lowest BCUT2D eigenvalue weighted by Crippen LogP contribution is -2.40. The molecule has 0 aliphatic heterocycles. The van der Waals surface area contributed by atoms with E-state index in [1.807, 2.05) is 43.1 Å². The van der Waals surface area contributed by atoms with E-state index in [1.165, 1.54) is 24.6 Å². The number of amides is 1. The van der Waals surface area contributed by atoms with Crippen molar-refractivity contribution in [2.75, 3.05) is 12.8 Å². The Labute approximate surface area is 171 Å². The average molecular weight is 402 g/mol. The summed E-state index contributed by atoms with van der Waals surface area (Å²) < 4.78 is 1.75. The highest BCUT2D eigenvalue weighted by atomic mass is 32.2. The van der Waals surface area contributed by atoms with Crippen LogP contribution in [0.25, 0.3) is 10.9 Å². The summed E-state index contributed by atoms with van der Waals surface area (Å²) in [6.07, 6.45) is 5.38. The van der Waals surface area contributed by atoms with Crippen molar-refractivity contribution in [3.05, 3.63) is 34.6 Å². The van der Waals surface area contributed by atoms with Gasteiger partial charge in [-0.25, -0.2) is 4.98 Å². The van der Waals surface area contributed by atoms with Crippen LogP contribution in [-0.4, -0.2) is 39.2 Å². The van der Waals surface area contributed by atoms with Crippen LogP contribution in [0, 0.1) is 5.92 Å². The fraction of sp³-hybridized carbons (Fsp3) is 0.591. The van der Waals surface area contributed by atoms with Gasteiger partial charge in [0.2, 0.25) is 5.91 Å². The Balaban J connectivity index is 1.79. The summed E-state index contributed by atoms with van der Waals surface area (Å²) in [4.78, 5) is 32.4. The number of benzene rings is 1. The van der Waals surface area contributed by atoms with Gasteiger partial charge in [-0.15, -0.1) is 0 Å². The van der Waals surface area contributed by atoms with E-state index in [9.17, 15) is 9.59 Å². The van der Waals surface area contributed by atoms with Gasteiger partial charge in [0.15, 0.2) is 5.16 Å². The fourth-order valence-electron chi connectivity index (χ4n) is 3.86. The number of hydrogen-bond donors (Lipinski definition) is 0. The number of para-hydroxylation sites is 1. The number of carbonyl (C=O) groups is 1. The third-order valence-electron chi connectivity index (χ3n) is 6.06. The van der Waals surface area contributed by atoms with Crippen molar-refractivity contribution in [3.63, 3.8) is 0 Å². The predicted molar refractivity (Wildman–Crippen MR) is 116 cm³/mol. The van der Waals surface area contributed by atoms with Gasteiger partial charge in [0.1, 0.15) is 0 Å². The zero-order valence-corrected chi connectivity index (χ0v) is 18.2. The molecule has 0 radical (unpaired) electrons. The SMILES string of the molecule is CCC(C)n1c(SCC(=O)N(C)C2CCC(C)CC2)nc2ccccc2c1=O. The van der Waals surface area contributed by atoms with Crippen LogP contribution in [0.5, 0.6) is 0 Å². The van der Waals surface area contributed by atoms with Crippen LogP contribution in [0.2, 0.25) is 0 Å². The monoisotopic (exact) mass is 401 g/mol. The van der Waals surface area contributed by atoms with Gasteiger partial charge in [-0.2, -0.15) is 0 Å². The van der Waals surface area contributed by atoms with Crippen LogP contribution >= 0.6 is 11.8 Å². The van der Waals surface area contributed by atoms with E-state index in [4.69, 9.17) is 4.98 Å². The van der Waals surface area contributed by atoms with Gasteiger partial charge in [0.25, 0.3) is 5.56 Å². The quantitative estimate of drug-likeness (QED) is 0.528. The van der Waals surface area contributed by atoms with Gasteiger partial charge in [-0.3, -0.25) is 14.2 Å². The minimum atomic E-state index is -0.0236. The molecule has 152 valence electrons. The van der Waals surface area contributed by atoms with Gasteiger partial charge in [0, 0.05) is 19.1 Å². The topological polar surface area (TPSA) is 55.2 Å². The van der Waals surface area contributed by atoms with Gasteiger partial charge in [-0.1, -0.05) is 37.7 Å². The highest BCUT2D eigenvalue weighted by molar-refractivity contribution is 7.99. The van der Waals surface area contributed by atoms with E-state index in [1.54, 1.807) is 4.57 Å². The van der Waals surface area contributed by atoms with Crippen LogP contribution in [0.4, 0.5) is 0 Å². The highest BCUT2D eigenvalue weighted by Gasteiger charge is 2.25. The zero-order valence-electron chi connectivity index (χ0n) is 17.4. The zero-order chi connectivity index (χ0) is 20.3. The van der Waals surface area contributed by atoms with E-state index in [-0.39, 0.29) is 17.5 Å². The molecule has 5 nitrogen and oxygen atoms in total. The molecule has 1 aliphatic rings. The molecule has 1 amide bonds. The Morgan fingerprint density at radius 2 is 1.96 bits per heavy atom. The first-order valence-electron chi connectivity index (χ1n) is 10.3. The molecule has 2 aromatic rings. The van der Waals surface area contributed by atoms with Gasteiger partial charge < -0.3 is 4.90 Å². The first-order valence-corrected chi connectivity index (χ1v) is 11.3. The largest absolute Gasteiger partial charge is 0.342 e. The van der Waals surface area contributed by atoms with Crippen molar-refractivity contribution in [1.29, 1.82) is 0 Å². The lowest BCUT2D eigenvalue weighted by atomic mass is 9.87. The molecule has 0 spiro atoms. The maximum atomic E-state index is 13.0. The van der Waals surface area contributed by atoms with Crippen LogP contribution in [-0.2, 0) is 4.79 Å². The summed E-state index contributed by atoms with van der Waals surface area (Å²) in [7, 11) is 1.92. The molecule has 0 N–H and O–H groups in total. The van der Waals surface area contributed by atoms with Crippen molar-refractivity contribution in [3.8, 4) is 0 Å². The smallest absolute Gasteiger partial charge is 0.262 e. The minimum absolute atomic E-state index is 0.0236. The second kappa shape index (κ2) is 9.12. The molecule has 1 aromatic carbocycles. The highest BCUT2D eigenvalue weighted by Crippen LogP contribution is 2.28. The summed E-state index contributed by atoms with van der Waals surface area (Å²) in [5, 5.41) is 1.27. The van der Waals surface area contributed by atoms with E-state index < -0.39 is 0 Å². The molecule has 0 saturated heterocycles. The molecule has 0 bridgehead atoms. The number of hydrogen-bond acceptors (Lipinski definition) is 4. The van der Waals surface area contributed by atoms with E-state index in [0.29, 0.717) is 27.9 Å². The van der Waals surface area contributed by atoms with E-state index in [2.05, 4.69) is 13.8 Å². The normalized spacial score (nSPS) is 20.9. The van der Waals surface area contributed by atoms with Gasteiger partial charge in [-0.05, 0) is 57.1 Å². The summed E-state index contributed by atoms with van der Waals surface area (Å²) in [6.45, 7) is 6.37. The second-order valence-electron chi connectivity index (χ2n) is 8.05. The molecular weight excluding hydrogens is 370 g/mol. The fourth-order valence-corrected chi connectivity index (χ4v) is 4.88. The van der Waals surface area contributed by atoms with Crippen LogP contribution in [0.1, 0.15) is 58.9 Å². The Bertz CT molecular complexity index is 887.